The molecule has 0 radical (unpaired) electrons. The molecule has 1 aromatic heterocycles. The van der Waals surface area contributed by atoms with Crippen LogP contribution in [0.25, 0.3) is 22.0 Å². The van der Waals surface area contributed by atoms with Crippen LogP contribution in [0, 0.1) is 0 Å². The summed E-state index contributed by atoms with van der Waals surface area (Å²) in [6.45, 7) is 12.2. The SMILES string of the molecule is COc1ccc(-c2c(O[Si](C)(C)C(C)(C)C)n(Cc3ccccc3)c3ccccc23)cc1OC. The number of ether oxygens (including phenoxy) is 2. The first-order valence-electron chi connectivity index (χ1n) is 11.7. The van der Waals surface area contributed by atoms with Crippen molar-refractivity contribution in [3.8, 4) is 28.5 Å². The van der Waals surface area contributed by atoms with Crippen molar-refractivity contribution in [3.63, 3.8) is 0 Å². The number of rotatable bonds is 7. The van der Waals surface area contributed by atoms with Crippen molar-refractivity contribution < 1.29 is 13.9 Å². The first-order valence-corrected chi connectivity index (χ1v) is 14.6. The smallest absolute Gasteiger partial charge is 0.252 e. The number of benzene rings is 3. The molecule has 0 unspecified atom stereocenters. The number of para-hydroxylation sites is 1. The number of hydrogen-bond acceptors (Lipinski definition) is 3. The van der Waals surface area contributed by atoms with Crippen LogP contribution in [0.15, 0.2) is 72.8 Å². The Kier molecular flexibility index (Phi) is 6.50. The Morgan fingerprint density at radius 3 is 2.09 bits per heavy atom. The zero-order chi connectivity index (χ0) is 24.5. The van der Waals surface area contributed by atoms with Gasteiger partial charge in [0.25, 0.3) is 8.32 Å². The molecule has 0 spiro atoms. The van der Waals surface area contributed by atoms with Gasteiger partial charge in [0.15, 0.2) is 17.4 Å². The summed E-state index contributed by atoms with van der Waals surface area (Å²) in [5, 5.41) is 1.23. The van der Waals surface area contributed by atoms with E-state index in [2.05, 4.69) is 99.1 Å². The molecule has 0 N–H and O–H groups in total. The predicted octanol–water partition coefficient (Wildman–Crippen LogP) is 7.76. The highest BCUT2D eigenvalue weighted by atomic mass is 28.4. The molecule has 0 aliphatic carbocycles. The number of aromatic nitrogens is 1. The molecule has 34 heavy (non-hydrogen) atoms. The molecule has 0 saturated carbocycles. The Morgan fingerprint density at radius 2 is 1.44 bits per heavy atom. The quantitative estimate of drug-likeness (QED) is 0.257. The van der Waals surface area contributed by atoms with Gasteiger partial charge in [-0.15, -0.1) is 0 Å². The van der Waals surface area contributed by atoms with Crippen LogP contribution in [0.1, 0.15) is 26.3 Å². The van der Waals surface area contributed by atoms with Gasteiger partial charge >= 0.3 is 0 Å². The van der Waals surface area contributed by atoms with E-state index < -0.39 is 8.32 Å². The second-order valence-electron chi connectivity index (χ2n) is 10.2. The van der Waals surface area contributed by atoms with E-state index in [4.69, 9.17) is 13.9 Å². The zero-order valence-corrected chi connectivity index (χ0v) is 22.3. The van der Waals surface area contributed by atoms with Gasteiger partial charge in [0.05, 0.1) is 31.8 Å². The van der Waals surface area contributed by atoms with Crippen LogP contribution in [-0.4, -0.2) is 27.1 Å². The summed E-state index contributed by atoms with van der Waals surface area (Å²) in [5.74, 6) is 2.34. The van der Waals surface area contributed by atoms with E-state index in [1.807, 2.05) is 12.1 Å². The number of nitrogens with zero attached hydrogens (tertiary/aromatic N) is 1. The van der Waals surface area contributed by atoms with Crippen LogP contribution in [0.4, 0.5) is 0 Å². The first-order chi connectivity index (χ1) is 16.2. The van der Waals surface area contributed by atoms with Crippen LogP contribution in [0.5, 0.6) is 17.4 Å². The molecule has 4 rings (SSSR count). The lowest BCUT2D eigenvalue weighted by Gasteiger charge is -2.37. The van der Waals surface area contributed by atoms with Crippen molar-refractivity contribution in [3.05, 3.63) is 78.4 Å². The van der Waals surface area contributed by atoms with E-state index in [1.54, 1.807) is 14.2 Å². The third-order valence-electron chi connectivity index (χ3n) is 6.94. The Hall–Kier alpha value is -3.18. The van der Waals surface area contributed by atoms with E-state index in [0.717, 1.165) is 29.1 Å². The molecular formula is C29H35NO3Si. The van der Waals surface area contributed by atoms with Crippen molar-refractivity contribution in [2.24, 2.45) is 0 Å². The maximum Gasteiger partial charge on any atom is 0.252 e. The second kappa shape index (κ2) is 9.22. The molecule has 0 saturated heterocycles. The standard InChI is InChI=1S/C29H35NO3Si/c1-29(2,3)34(6,7)33-28-27(22-17-18-25(31-4)26(19-22)32-5)23-15-11-12-16-24(23)30(28)20-21-13-9-8-10-14-21/h8-19H,20H2,1-7H3. The number of hydrogen-bond donors (Lipinski definition) is 0. The maximum atomic E-state index is 7.10. The van der Waals surface area contributed by atoms with Crippen LogP contribution >= 0.6 is 0 Å². The van der Waals surface area contributed by atoms with E-state index in [1.165, 1.54) is 10.9 Å². The molecule has 3 aromatic carbocycles. The Morgan fingerprint density at radius 1 is 0.794 bits per heavy atom. The molecule has 0 aliphatic heterocycles. The molecule has 0 bridgehead atoms. The van der Waals surface area contributed by atoms with E-state index >= 15 is 0 Å². The fourth-order valence-corrected chi connectivity index (χ4v) is 4.98. The lowest BCUT2D eigenvalue weighted by molar-refractivity contribution is 0.355. The molecule has 0 amide bonds. The van der Waals surface area contributed by atoms with Crippen molar-refractivity contribution in [2.45, 2.75) is 45.4 Å². The summed E-state index contributed by atoms with van der Waals surface area (Å²) in [4.78, 5) is 0. The second-order valence-corrected chi connectivity index (χ2v) is 14.9. The van der Waals surface area contributed by atoms with Crippen molar-refractivity contribution >= 4 is 19.2 Å². The third kappa shape index (κ3) is 4.45. The normalized spacial score (nSPS) is 12.1. The minimum atomic E-state index is -2.14. The predicted molar refractivity (Wildman–Crippen MR) is 144 cm³/mol. The fraction of sp³-hybridized carbons (Fsp3) is 0.310. The van der Waals surface area contributed by atoms with Crippen molar-refractivity contribution in [2.75, 3.05) is 14.2 Å². The fourth-order valence-electron chi connectivity index (χ4n) is 3.97. The van der Waals surface area contributed by atoms with Gasteiger partial charge in [-0.1, -0.05) is 75.4 Å². The van der Waals surface area contributed by atoms with Gasteiger partial charge in [-0.25, -0.2) is 0 Å². The highest BCUT2D eigenvalue weighted by Crippen LogP contribution is 2.46. The highest BCUT2D eigenvalue weighted by Gasteiger charge is 2.40. The lowest BCUT2D eigenvalue weighted by Crippen LogP contribution is -2.44. The Bertz CT molecular complexity index is 1290. The van der Waals surface area contributed by atoms with Gasteiger partial charge in [-0.05, 0) is 47.5 Å². The molecular weight excluding hydrogens is 438 g/mol. The average Bonchev–Trinajstić information content (AvgIpc) is 3.11. The number of fused-ring (bicyclic) bond motifs is 1. The zero-order valence-electron chi connectivity index (χ0n) is 21.3. The van der Waals surface area contributed by atoms with Gasteiger partial charge in [0.2, 0.25) is 0 Å². The largest absolute Gasteiger partial charge is 0.531 e. The van der Waals surface area contributed by atoms with E-state index in [0.29, 0.717) is 11.5 Å². The molecule has 1 heterocycles. The van der Waals surface area contributed by atoms with Gasteiger partial charge < -0.3 is 18.5 Å². The Labute approximate surface area is 204 Å². The van der Waals surface area contributed by atoms with E-state index in [-0.39, 0.29) is 5.04 Å². The first kappa shape index (κ1) is 24.0. The molecule has 4 nitrogen and oxygen atoms in total. The topological polar surface area (TPSA) is 32.6 Å². The summed E-state index contributed by atoms with van der Waals surface area (Å²) in [6, 6.07) is 25.2. The molecule has 5 heteroatoms. The number of methoxy groups -OCH3 is 2. The molecule has 0 aliphatic rings. The van der Waals surface area contributed by atoms with Gasteiger partial charge in [-0.2, -0.15) is 0 Å². The van der Waals surface area contributed by atoms with Gasteiger partial charge in [-0.3, -0.25) is 0 Å². The summed E-state index contributed by atoms with van der Waals surface area (Å²) < 4.78 is 20.6. The average molecular weight is 474 g/mol. The van der Waals surface area contributed by atoms with Crippen molar-refractivity contribution in [1.29, 1.82) is 0 Å². The summed E-state index contributed by atoms with van der Waals surface area (Å²) in [5.41, 5.74) is 4.54. The summed E-state index contributed by atoms with van der Waals surface area (Å²) >= 11 is 0. The van der Waals surface area contributed by atoms with Crippen LogP contribution in [-0.2, 0) is 6.54 Å². The van der Waals surface area contributed by atoms with Crippen LogP contribution in [0.3, 0.4) is 0 Å². The van der Waals surface area contributed by atoms with Crippen LogP contribution < -0.4 is 13.9 Å². The van der Waals surface area contributed by atoms with Crippen LogP contribution in [0.2, 0.25) is 18.1 Å². The van der Waals surface area contributed by atoms with Gasteiger partial charge in [0, 0.05) is 5.39 Å². The molecule has 0 fully saturated rings. The summed E-state index contributed by atoms with van der Waals surface area (Å²) in [6.07, 6.45) is 0. The summed E-state index contributed by atoms with van der Waals surface area (Å²) in [7, 11) is 1.20. The monoisotopic (exact) mass is 473 g/mol. The third-order valence-corrected chi connectivity index (χ3v) is 11.3. The Balaban J connectivity index is 2.01. The minimum absolute atomic E-state index is 0.0654. The molecule has 4 aromatic rings. The molecule has 178 valence electrons. The van der Waals surface area contributed by atoms with Gasteiger partial charge in [0.1, 0.15) is 0 Å². The van der Waals surface area contributed by atoms with E-state index in [9.17, 15) is 0 Å². The lowest BCUT2D eigenvalue weighted by atomic mass is 10.0. The molecule has 0 atom stereocenters. The highest BCUT2D eigenvalue weighted by molar-refractivity contribution is 6.74. The maximum absolute atomic E-state index is 7.10. The minimum Gasteiger partial charge on any atom is -0.531 e. The van der Waals surface area contributed by atoms with Crippen molar-refractivity contribution in [1.82, 2.24) is 4.57 Å².